The van der Waals surface area contributed by atoms with Crippen LogP contribution in [0, 0.1) is 0 Å². The summed E-state index contributed by atoms with van der Waals surface area (Å²) in [5.74, 6) is 1.11. The number of aromatic nitrogens is 1. The summed E-state index contributed by atoms with van der Waals surface area (Å²) in [6.07, 6.45) is 3.05. The van der Waals surface area contributed by atoms with Crippen molar-refractivity contribution in [3.05, 3.63) is 11.6 Å². The Labute approximate surface area is 88.2 Å². The van der Waals surface area contributed by atoms with E-state index in [0.717, 1.165) is 12.3 Å². The largest absolute Gasteiger partial charge is 0.313 e. The van der Waals surface area contributed by atoms with Gasteiger partial charge in [-0.2, -0.15) is 0 Å². The number of hydrogen-bond donors (Lipinski definition) is 1. The van der Waals surface area contributed by atoms with E-state index in [1.54, 1.807) is 11.3 Å². The molecule has 0 aliphatic heterocycles. The van der Waals surface area contributed by atoms with Crippen molar-refractivity contribution in [3.8, 4) is 0 Å². The Bertz CT molecular complexity index is 211. The Kier molecular flexibility index (Phi) is 5.43. The van der Waals surface area contributed by atoms with Crippen molar-refractivity contribution in [2.24, 2.45) is 0 Å². The highest BCUT2D eigenvalue weighted by atomic mass is 32.2. The van der Waals surface area contributed by atoms with Gasteiger partial charge in [0, 0.05) is 29.9 Å². The molecule has 1 rings (SSSR count). The number of nitrogens with one attached hydrogen (secondary N) is 1. The first-order chi connectivity index (χ1) is 6.33. The lowest BCUT2D eigenvalue weighted by Gasteiger charge is -2.09. The minimum Gasteiger partial charge on any atom is -0.313 e. The van der Waals surface area contributed by atoms with Crippen LogP contribution in [-0.2, 0) is 0 Å². The average molecular weight is 216 g/mol. The molecule has 0 aliphatic carbocycles. The number of thioether (sulfide) groups is 1. The van der Waals surface area contributed by atoms with Crippen molar-refractivity contribution in [2.75, 3.05) is 12.3 Å². The molecule has 0 spiro atoms. The molecule has 1 N–H and O–H groups in total. The van der Waals surface area contributed by atoms with Gasteiger partial charge in [-0.25, -0.2) is 4.98 Å². The van der Waals surface area contributed by atoms with Crippen molar-refractivity contribution in [1.82, 2.24) is 10.3 Å². The average Bonchev–Trinajstić information content (AvgIpc) is 2.64. The third-order valence-corrected chi connectivity index (χ3v) is 3.81. The first kappa shape index (κ1) is 11.0. The minimum atomic E-state index is 0.636. The Hall–Kier alpha value is -0.0600. The van der Waals surface area contributed by atoms with Crippen LogP contribution >= 0.6 is 23.1 Å². The van der Waals surface area contributed by atoms with Crippen LogP contribution in [0.1, 0.15) is 20.3 Å². The number of rotatable bonds is 6. The number of nitrogens with zero attached hydrogens (tertiary/aromatic N) is 1. The highest BCUT2D eigenvalue weighted by Gasteiger charge is 1.98. The highest BCUT2D eigenvalue weighted by Crippen LogP contribution is 2.19. The molecule has 1 atom stereocenters. The summed E-state index contributed by atoms with van der Waals surface area (Å²) < 4.78 is 1.17. The van der Waals surface area contributed by atoms with Crippen LogP contribution in [0.2, 0.25) is 0 Å². The zero-order chi connectivity index (χ0) is 9.52. The smallest absolute Gasteiger partial charge is 0.149 e. The molecule has 0 bridgehead atoms. The molecule has 74 valence electrons. The van der Waals surface area contributed by atoms with Crippen LogP contribution in [0.4, 0.5) is 0 Å². The number of thiazole rings is 1. The molecule has 4 heteroatoms. The summed E-state index contributed by atoms with van der Waals surface area (Å²) in [5.41, 5.74) is 0. The first-order valence-corrected chi connectivity index (χ1v) is 6.45. The Morgan fingerprint density at radius 3 is 3.15 bits per heavy atom. The molecule has 2 nitrogen and oxygen atoms in total. The van der Waals surface area contributed by atoms with Crippen LogP contribution < -0.4 is 5.32 Å². The second kappa shape index (κ2) is 6.40. The summed E-state index contributed by atoms with van der Waals surface area (Å²) >= 11 is 3.54. The summed E-state index contributed by atoms with van der Waals surface area (Å²) in [5, 5.41) is 5.47. The maximum absolute atomic E-state index is 4.21. The van der Waals surface area contributed by atoms with Crippen molar-refractivity contribution in [3.63, 3.8) is 0 Å². The van der Waals surface area contributed by atoms with Gasteiger partial charge in [0.25, 0.3) is 0 Å². The predicted molar refractivity (Wildman–Crippen MR) is 60.6 cm³/mol. The maximum Gasteiger partial charge on any atom is 0.149 e. The fraction of sp³-hybridized carbons (Fsp3) is 0.667. The van der Waals surface area contributed by atoms with Gasteiger partial charge in [-0.3, -0.25) is 0 Å². The van der Waals surface area contributed by atoms with Crippen molar-refractivity contribution in [1.29, 1.82) is 0 Å². The molecule has 0 radical (unpaired) electrons. The maximum atomic E-state index is 4.21. The fourth-order valence-electron chi connectivity index (χ4n) is 0.870. The summed E-state index contributed by atoms with van der Waals surface area (Å²) in [4.78, 5) is 4.21. The second-order valence-electron chi connectivity index (χ2n) is 2.91. The summed E-state index contributed by atoms with van der Waals surface area (Å²) in [7, 11) is 0. The number of hydrogen-bond acceptors (Lipinski definition) is 4. The van der Waals surface area contributed by atoms with E-state index in [1.165, 1.54) is 10.8 Å². The van der Waals surface area contributed by atoms with Crippen LogP contribution in [-0.4, -0.2) is 23.3 Å². The van der Waals surface area contributed by atoms with E-state index < -0.39 is 0 Å². The van der Waals surface area contributed by atoms with E-state index in [-0.39, 0.29) is 0 Å². The molecule has 1 aromatic rings. The van der Waals surface area contributed by atoms with Gasteiger partial charge in [-0.1, -0.05) is 18.7 Å². The van der Waals surface area contributed by atoms with E-state index >= 15 is 0 Å². The molecule has 0 saturated heterocycles. The van der Waals surface area contributed by atoms with Crippen LogP contribution in [0.3, 0.4) is 0 Å². The Morgan fingerprint density at radius 2 is 2.54 bits per heavy atom. The van der Waals surface area contributed by atoms with Gasteiger partial charge in [0.15, 0.2) is 0 Å². The van der Waals surface area contributed by atoms with E-state index in [2.05, 4.69) is 24.1 Å². The normalized spacial score (nSPS) is 13.1. The molecule has 0 amide bonds. The van der Waals surface area contributed by atoms with E-state index in [1.807, 2.05) is 23.3 Å². The monoisotopic (exact) mass is 216 g/mol. The predicted octanol–water partition coefficient (Wildman–Crippen LogP) is 2.62. The van der Waals surface area contributed by atoms with E-state index in [0.29, 0.717) is 6.04 Å². The fourth-order valence-corrected chi connectivity index (χ4v) is 2.45. The molecular weight excluding hydrogens is 200 g/mol. The third kappa shape index (κ3) is 4.64. The first-order valence-electron chi connectivity index (χ1n) is 4.58. The molecule has 1 unspecified atom stereocenters. The van der Waals surface area contributed by atoms with Gasteiger partial charge in [-0.15, -0.1) is 11.3 Å². The van der Waals surface area contributed by atoms with E-state index in [9.17, 15) is 0 Å². The van der Waals surface area contributed by atoms with Gasteiger partial charge < -0.3 is 5.32 Å². The van der Waals surface area contributed by atoms with Gasteiger partial charge >= 0.3 is 0 Å². The lowest BCUT2D eigenvalue weighted by molar-refractivity contribution is 0.555. The van der Waals surface area contributed by atoms with E-state index in [4.69, 9.17) is 0 Å². The van der Waals surface area contributed by atoms with Crippen molar-refractivity contribution in [2.45, 2.75) is 30.6 Å². The van der Waals surface area contributed by atoms with Gasteiger partial charge in [-0.05, 0) is 13.3 Å². The highest BCUT2D eigenvalue weighted by molar-refractivity contribution is 8.01. The zero-order valence-corrected chi connectivity index (χ0v) is 9.75. The Balaban J connectivity index is 2.02. The van der Waals surface area contributed by atoms with Crippen molar-refractivity contribution >= 4 is 23.1 Å². The molecule has 0 aliphatic rings. The van der Waals surface area contributed by atoms with Crippen LogP contribution in [0.15, 0.2) is 15.9 Å². The van der Waals surface area contributed by atoms with Crippen LogP contribution in [0.25, 0.3) is 0 Å². The molecule has 1 aromatic heterocycles. The minimum absolute atomic E-state index is 0.636. The molecule has 0 aromatic carbocycles. The summed E-state index contributed by atoms with van der Waals surface area (Å²) in [6, 6.07) is 0.636. The molecule has 1 heterocycles. The zero-order valence-electron chi connectivity index (χ0n) is 8.12. The Morgan fingerprint density at radius 1 is 1.69 bits per heavy atom. The molecule has 0 fully saturated rings. The topological polar surface area (TPSA) is 24.9 Å². The van der Waals surface area contributed by atoms with Gasteiger partial charge in [0.1, 0.15) is 4.34 Å². The lowest BCUT2D eigenvalue weighted by atomic mass is 10.3. The second-order valence-corrected chi connectivity index (χ2v) is 5.15. The van der Waals surface area contributed by atoms with Gasteiger partial charge in [0.05, 0.1) is 0 Å². The SMILES string of the molecule is CCC(C)NCCSc1nccs1. The molecule has 0 saturated carbocycles. The van der Waals surface area contributed by atoms with Gasteiger partial charge in [0.2, 0.25) is 0 Å². The molecular formula is C9H16N2S2. The molecule has 13 heavy (non-hydrogen) atoms. The standard InChI is InChI=1S/C9H16N2S2/c1-3-8(2)10-4-6-12-9-11-5-7-13-9/h5,7-8,10H,3-4,6H2,1-2H3. The third-order valence-electron chi connectivity index (χ3n) is 1.84. The lowest BCUT2D eigenvalue weighted by Crippen LogP contribution is -2.27. The quantitative estimate of drug-likeness (QED) is 0.584. The van der Waals surface area contributed by atoms with Crippen LogP contribution in [0.5, 0.6) is 0 Å². The van der Waals surface area contributed by atoms with Crippen molar-refractivity contribution < 1.29 is 0 Å². The summed E-state index contributed by atoms with van der Waals surface area (Å²) in [6.45, 7) is 5.49.